The molecule has 8 nitrogen and oxygen atoms in total. The summed E-state index contributed by atoms with van der Waals surface area (Å²) in [6.45, 7) is 2.03. The lowest BCUT2D eigenvalue weighted by molar-refractivity contribution is -0.384. The number of carbonyl (C=O) groups is 2. The summed E-state index contributed by atoms with van der Waals surface area (Å²) in [5, 5.41) is 15.8. The summed E-state index contributed by atoms with van der Waals surface area (Å²) < 4.78 is 5.38. The highest BCUT2D eigenvalue weighted by molar-refractivity contribution is 8.01. The number of anilines is 2. The summed E-state index contributed by atoms with van der Waals surface area (Å²) in [5.41, 5.74) is 0.933. The van der Waals surface area contributed by atoms with E-state index in [1.165, 1.54) is 30.0 Å². The SMILES string of the molecule is CCOc1cc([N+](=O)[O-])ccc1NC(=O)C[C@@H]1Sc2ccccc2NC1=O. The fraction of sp³-hybridized carbons (Fsp3) is 0.222. The normalized spacial score (nSPS) is 15.4. The fourth-order valence-corrected chi connectivity index (χ4v) is 3.71. The average molecular weight is 387 g/mol. The van der Waals surface area contributed by atoms with Gasteiger partial charge in [0.15, 0.2) is 0 Å². The van der Waals surface area contributed by atoms with E-state index in [-0.39, 0.29) is 29.7 Å². The predicted octanol–water partition coefficient (Wildman–Crippen LogP) is 3.44. The standard InChI is InChI=1S/C18H17N3O5S/c1-2-26-14-9-11(21(24)25)7-8-12(14)19-17(22)10-16-18(23)20-13-5-3-4-6-15(13)27-16/h3-9,16H,2,10H2,1H3,(H,19,22)(H,20,23)/t16-/m0/s1. The molecule has 2 aromatic carbocycles. The number of para-hydroxylation sites is 1. The number of nitrogens with one attached hydrogen (secondary N) is 2. The Morgan fingerprint density at radius 3 is 2.85 bits per heavy atom. The Labute approximate surface area is 159 Å². The van der Waals surface area contributed by atoms with Gasteiger partial charge in [0.05, 0.1) is 34.2 Å². The fourth-order valence-electron chi connectivity index (χ4n) is 2.60. The van der Waals surface area contributed by atoms with Crippen molar-refractivity contribution in [3.8, 4) is 5.75 Å². The zero-order valence-corrected chi connectivity index (χ0v) is 15.2. The van der Waals surface area contributed by atoms with Crippen LogP contribution in [0.3, 0.4) is 0 Å². The van der Waals surface area contributed by atoms with Crippen molar-refractivity contribution in [2.75, 3.05) is 17.2 Å². The number of thioether (sulfide) groups is 1. The Bertz CT molecular complexity index is 902. The number of fused-ring (bicyclic) bond motifs is 1. The number of ether oxygens (including phenoxy) is 1. The van der Waals surface area contributed by atoms with Crippen molar-refractivity contribution in [2.24, 2.45) is 0 Å². The van der Waals surface area contributed by atoms with Gasteiger partial charge in [-0.15, -0.1) is 11.8 Å². The van der Waals surface area contributed by atoms with Crippen LogP contribution >= 0.6 is 11.8 Å². The third-order valence-corrected chi connectivity index (χ3v) is 5.10. The monoisotopic (exact) mass is 387 g/mol. The van der Waals surface area contributed by atoms with Crippen molar-refractivity contribution < 1.29 is 19.2 Å². The summed E-state index contributed by atoms with van der Waals surface area (Å²) >= 11 is 1.33. The highest BCUT2D eigenvalue weighted by Gasteiger charge is 2.29. The van der Waals surface area contributed by atoms with Crippen LogP contribution in [0.25, 0.3) is 0 Å². The lowest BCUT2D eigenvalue weighted by Crippen LogP contribution is -2.32. The first-order valence-electron chi connectivity index (χ1n) is 8.25. The second kappa shape index (κ2) is 8.09. The zero-order valence-electron chi connectivity index (χ0n) is 14.4. The molecule has 0 bridgehead atoms. The molecule has 9 heteroatoms. The van der Waals surface area contributed by atoms with Crippen molar-refractivity contribution in [2.45, 2.75) is 23.5 Å². The van der Waals surface area contributed by atoms with Crippen LogP contribution in [0.4, 0.5) is 17.1 Å². The number of nitro benzene ring substituents is 1. The van der Waals surface area contributed by atoms with Crippen molar-refractivity contribution >= 4 is 40.6 Å². The molecule has 27 heavy (non-hydrogen) atoms. The minimum Gasteiger partial charge on any atom is -0.491 e. The molecule has 3 rings (SSSR count). The lowest BCUT2D eigenvalue weighted by atomic mass is 10.2. The number of carbonyl (C=O) groups excluding carboxylic acids is 2. The molecule has 1 heterocycles. The van der Waals surface area contributed by atoms with Gasteiger partial charge in [0.1, 0.15) is 5.75 Å². The molecular weight excluding hydrogens is 370 g/mol. The van der Waals surface area contributed by atoms with Crippen molar-refractivity contribution in [1.82, 2.24) is 0 Å². The third kappa shape index (κ3) is 4.37. The van der Waals surface area contributed by atoms with Crippen LogP contribution in [0.15, 0.2) is 47.4 Å². The summed E-state index contributed by atoms with van der Waals surface area (Å²) in [6, 6.07) is 11.4. The highest BCUT2D eigenvalue weighted by atomic mass is 32.2. The van der Waals surface area contributed by atoms with Crippen molar-refractivity contribution in [3.63, 3.8) is 0 Å². The molecule has 0 aliphatic carbocycles. The molecule has 1 aliphatic heterocycles. The molecule has 140 valence electrons. The van der Waals surface area contributed by atoms with Gasteiger partial charge in [0, 0.05) is 17.4 Å². The molecule has 0 saturated carbocycles. The molecular formula is C18H17N3O5S. The van der Waals surface area contributed by atoms with Gasteiger partial charge in [-0.3, -0.25) is 19.7 Å². The van der Waals surface area contributed by atoms with E-state index >= 15 is 0 Å². The topological polar surface area (TPSA) is 111 Å². The van der Waals surface area contributed by atoms with Crippen LogP contribution in [0.5, 0.6) is 5.75 Å². The largest absolute Gasteiger partial charge is 0.491 e. The van der Waals surface area contributed by atoms with Gasteiger partial charge < -0.3 is 15.4 Å². The Hall–Kier alpha value is -3.07. The Morgan fingerprint density at radius 1 is 1.33 bits per heavy atom. The molecule has 0 radical (unpaired) electrons. The number of hydrogen-bond acceptors (Lipinski definition) is 6. The Morgan fingerprint density at radius 2 is 2.11 bits per heavy atom. The van der Waals surface area contributed by atoms with E-state index < -0.39 is 10.2 Å². The number of rotatable bonds is 6. The highest BCUT2D eigenvalue weighted by Crippen LogP contribution is 2.37. The van der Waals surface area contributed by atoms with Gasteiger partial charge in [-0.05, 0) is 25.1 Å². The first-order valence-corrected chi connectivity index (χ1v) is 9.13. The minimum atomic E-state index is -0.562. The van der Waals surface area contributed by atoms with Gasteiger partial charge in [0.2, 0.25) is 11.8 Å². The van der Waals surface area contributed by atoms with E-state index in [0.29, 0.717) is 12.3 Å². The molecule has 0 aromatic heterocycles. The number of hydrogen-bond donors (Lipinski definition) is 2. The van der Waals surface area contributed by atoms with Crippen molar-refractivity contribution in [1.29, 1.82) is 0 Å². The second-order valence-corrected chi connectivity index (χ2v) is 6.96. The van der Waals surface area contributed by atoms with E-state index in [2.05, 4.69) is 10.6 Å². The smallest absolute Gasteiger partial charge is 0.273 e. The molecule has 1 aliphatic rings. The van der Waals surface area contributed by atoms with Crippen LogP contribution in [0.2, 0.25) is 0 Å². The number of nitrogens with zero attached hydrogens (tertiary/aromatic N) is 1. The van der Waals surface area contributed by atoms with Crippen LogP contribution < -0.4 is 15.4 Å². The molecule has 2 aromatic rings. The van der Waals surface area contributed by atoms with E-state index in [1.54, 1.807) is 6.92 Å². The van der Waals surface area contributed by atoms with E-state index in [0.717, 1.165) is 10.6 Å². The Balaban J connectivity index is 1.71. The molecule has 2 amide bonds. The maximum atomic E-state index is 12.4. The van der Waals surface area contributed by atoms with Gasteiger partial charge in [-0.25, -0.2) is 0 Å². The van der Waals surface area contributed by atoms with E-state index in [4.69, 9.17) is 4.74 Å². The maximum Gasteiger partial charge on any atom is 0.273 e. The third-order valence-electron chi connectivity index (χ3n) is 3.83. The molecule has 0 saturated heterocycles. The summed E-state index contributed by atoms with van der Waals surface area (Å²) in [4.78, 5) is 35.9. The molecule has 2 N–H and O–H groups in total. The van der Waals surface area contributed by atoms with Crippen LogP contribution in [-0.2, 0) is 9.59 Å². The van der Waals surface area contributed by atoms with E-state index in [9.17, 15) is 19.7 Å². The number of amides is 2. The molecule has 0 unspecified atom stereocenters. The number of nitro groups is 1. The van der Waals surface area contributed by atoms with Gasteiger partial charge in [-0.1, -0.05) is 12.1 Å². The van der Waals surface area contributed by atoms with Crippen molar-refractivity contribution in [3.05, 3.63) is 52.6 Å². The number of non-ortho nitro benzene ring substituents is 1. The summed E-state index contributed by atoms with van der Waals surface area (Å²) in [5.74, 6) is -0.398. The van der Waals surface area contributed by atoms with Crippen LogP contribution in [0, 0.1) is 10.1 Å². The molecule has 0 spiro atoms. The predicted molar refractivity (Wildman–Crippen MR) is 102 cm³/mol. The van der Waals surface area contributed by atoms with Crippen LogP contribution in [-0.4, -0.2) is 28.6 Å². The Kier molecular flexibility index (Phi) is 5.60. The summed E-state index contributed by atoms with van der Waals surface area (Å²) in [7, 11) is 0. The first-order chi connectivity index (χ1) is 13.0. The quantitative estimate of drug-likeness (QED) is 0.580. The lowest BCUT2D eigenvalue weighted by Gasteiger charge is -2.23. The van der Waals surface area contributed by atoms with Gasteiger partial charge >= 0.3 is 0 Å². The molecule has 1 atom stereocenters. The first kappa shape index (κ1) is 18.7. The zero-order chi connectivity index (χ0) is 19.4. The maximum absolute atomic E-state index is 12.4. The minimum absolute atomic E-state index is 0.0343. The average Bonchev–Trinajstić information content (AvgIpc) is 2.63. The van der Waals surface area contributed by atoms with Crippen LogP contribution in [0.1, 0.15) is 13.3 Å². The van der Waals surface area contributed by atoms with Gasteiger partial charge in [-0.2, -0.15) is 0 Å². The second-order valence-electron chi connectivity index (χ2n) is 5.71. The summed E-state index contributed by atoms with van der Waals surface area (Å²) in [6.07, 6.45) is -0.0343. The molecule has 0 fully saturated rings. The number of benzene rings is 2. The van der Waals surface area contributed by atoms with Gasteiger partial charge in [0.25, 0.3) is 5.69 Å². The van der Waals surface area contributed by atoms with E-state index in [1.807, 2.05) is 24.3 Å².